The largest absolute Gasteiger partial charge is 0.457 e. The van der Waals surface area contributed by atoms with Gasteiger partial charge < -0.3 is 4.42 Å². The fourth-order valence-electron chi connectivity index (χ4n) is 2.95. The van der Waals surface area contributed by atoms with Crippen LogP contribution in [0.15, 0.2) is 56.5 Å². The summed E-state index contributed by atoms with van der Waals surface area (Å²) in [5.41, 5.74) is 0.757. The van der Waals surface area contributed by atoms with Gasteiger partial charge in [0.1, 0.15) is 11.5 Å². The van der Waals surface area contributed by atoms with Crippen LogP contribution in [0, 0.1) is 11.3 Å². The number of nitrogens with zero attached hydrogens (tertiary/aromatic N) is 3. The van der Waals surface area contributed by atoms with Crippen molar-refractivity contribution >= 4 is 60.6 Å². The number of carbonyl (C=O) groups is 1. The van der Waals surface area contributed by atoms with E-state index >= 15 is 0 Å². The Bertz CT molecular complexity index is 1270. The number of hydrogen-bond donors (Lipinski definition) is 1. The molecule has 1 N–H and O–H groups in total. The standard InChI is InChI=1S/C20H17ClN4O4S2/c1-11(2)10-31(27,28)20-24-25-17(22)15(18(26)23-19(25)30-20)9-14-7-8-16(29-14)12-3-5-13(21)6-4-12/h3-9,11,22H,10H2,1-2H3/b15-9+,22-17?. The van der Waals surface area contributed by atoms with Crippen molar-refractivity contribution in [1.29, 1.82) is 5.41 Å². The molecule has 2 aliphatic heterocycles. The summed E-state index contributed by atoms with van der Waals surface area (Å²) < 4.78 is 30.6. The summed E-state index contributed by atoms with van der Waals surface area (Å²) >= 11 is 6.68. The molecule has 1 amide bonds. The number of rotatable bonds is 4. The third-order valence-electron chi connectivity index (χ3n) is 4.30. The zero-order chi connectivity index (χ0) is 22.3. The molecule has 3 heterocycles. The van der Waals surface area contributed by atoms with Crippen LogP contribution in [-0.2, 0) is 14.6 Å². The van der Waals surface area contributed by atoms with Crippen LogP contribution < -0.4 is 0 Å². The van der Waals surface area contributed by atoms with E-state index in [1.165, 1.54) is 6.08 Å². The predicted octanol–water partition coefficient (Wildman–Crippen LogP) is 4.25. The normalized spacial score (nSPS) is 17.9. The van der Waals surface area contributed by atoms with Crippen LogP contribution in [0.25, 0.3) is 17.4 Å². The topological polar surface area (TPSA) is 116 Å². The molecule has 2 aromatic rings. The molecular formula is C20H17ClN4O4S2. The zero-order valence-electron chi connectivity index (χ0n) is 16.5. The molecule has 1 aromatic heterocycles. The molecule has 0 saturated carbocycles. The quantitative estimate of drug-likeness (QED) is 0.659. The highest BCUT2D eigenvalue weighted by atomic mass is 35.5. The molecule has 8 nitrogen and oxygen atoms in total. The minimum Gasteiger partial charge on any atom is -0.457 e. The number of sulfone groups is 1. The molecule has 0 fully saturated rings. The number of hydrogen-bond acceptors (Lipinski definition) is 7. The highest BCUT2D eigenvalue weighted by molar-refractivity contribution is 8.42. The summed E-state index contributed by atoms with van der Waals surface area (Å²) in [5, 5.41) is 14.1. The number of fused-ring (bicyclic) bond motifs is 1. The third-order valence-corrected chi connectivity index (χ3v) is 7.98. The zero-order valence-corrected chi connectivity index (χ0v) is 18.9. The highest BCUT2D eigenvalue weighted by Gasteiger charge is 2.39. The van der Waals surface area contributed by atoms with Crippen molar-refractivity contribution < 1.29 is 17.6 Å². The monoisotopic (exact) mass is 476 g/mol. The van der Waals surface area contributed by atoms with Gasteiger partial charge in [0, 0.05) is 10.6 Å². The molecule has 0 bridgehead atoms. The first-order valence-corrected chi connectivity index (χ1v) is 12.1. The smallest absolute Gasteiger partial charge is 0.283 e. The molecule has 4 rings (SSSR count). The Morgan fingerprint density at radius 2 is 1.94 bits per heavy atom. The van der Waals surface area contributed by atoms with E-state index in [1.54, 1.807) is 50.2 Å². The van der Waals surface area contributed by atoms with Crippen LogP contribution in [0.4, 0.5) is 0 Å². The highest BCUT2D eigenvalue weighted by Crippen LogP contribution is 2.31. The van der Waals surface area contributed by atoms with Crippen molar-refractivity contribution in [2.24, 2.45) is 16.0 Å². The summed E-state index contributed by atoms with van der Waals surface area (Å²) in [7, 11) is -3.63. The van der Waals surface area contributed by atoms with E-state index < -0.39 is 15.7 Å². The van der Waals surface area contributed by atoms with Gasteiger partial charge in [-0.05, 0) is 60.2 Å². The molecule has 0 radical (unpaired) electrons. The number of furan rings is 1. The molecule has 0 unspecified atom stereocenters. The van der Waals surface area contributed by atoms with Crippen LogP contribution in [-0.4, -0.2) is 40.5 Å². The Hall–Kier alpha value is -2.69. The first-order valence-electron chi connectivity index (χ1n) is 9.23. The van der Waals surface area contributed by atoms with Gasteiger partial charge in [0.25, 0.3) is 5.91 Å². The van der Waals surface area contributed by atoms with Gasteiger partial charge in [-0.15, -0.1) is 5.10 Å². The Morgan fingerprint density at radius 1 is 1.23 bits per heavy atom. The van der Waals surface area contributed by atoms with E-state index in [9.17, 15) is 13.2 Å². The van der Waals surface area contributed by atoms with Crippen molar-refractivity contribution in [1.82, 2.24) is 5.01 Å². The van der Waals surface area contributed by atoms with Gasteiger partial charge >= 0.3 is 0 Å². The Kier molecular flexibility index (Phi) is 5.63. The third kappa shape index (κ3) is 4.36. The van der Waals surface area contributed by atoms with Crippen molar-refractivity contribution in [2.75, 3.05) is 5.75 Å². The predicted molar refractivity (Wildman–Crippen MR) is 123 cm³/mol. The van der Waals surface area contributed by atoms with E-state index in [2.05, 4.69) is 10.1 Å². The number of amides is 1. The SMILES string of the molecule is CC(C)CS(=O)(=O)C1=NN2C(=N)/C(=C\c3ccc(-c4ccc(Cl)cc4)o3)C(=O)N=C2S1. The fraction of sp³-hybridized carbons (Fsp3) is 0.200. The molecule has 0 spiro atoms. The number of aliphatic imine (C=N–C) groups is 1. The average molecular weight is 477 g/mol. The van der Waals surface area contributed by atoms with E-state index in [1.807, 2.05) is 0 Å². The van der Waals surface area contributed by atoms with Crippen LogP contribution in [0.1, 0.15) is 19.6 Å². The number of hydrazone groups is 1. The fourth-order valence-corrected chi connectivity index (χ4v) is 5.87. The molecule has 0 saturated heterocycles. The lowest BCUT2D eigenvalue weighted by Gasteiger charge is -2.19. The van der Waals surface area contributed by atoms with Crippen LogP contribution in [0.5, 0.6) is 0 Å². The van der Waals surface area contributed by atoms with Gasteiger partial charge in [-0.3, -0.25) is 10.2 Å². The summed E-state index contributed by atoms with van der Waals surface area (Å²) in [6, 6.07) is 10.5. The van der Waals surface area contributed by atoms with Gasteiger partial charge in [0.15, 0.2) is 5.84 Å². The van der Waals surface area contributed by atoms with Crippen molar-refractivity contribution in [2.45, 2.75) is 13.8 Å². The van der Waals surface area contributed by atoms with Crippen molar-refractivity contribution in [3.8, 4) is 11.3 Å². The van der Waals surface area contributed by atoms with E-state index in [0.29, 0.717) is 16.5 Å². The molecule has 2 aliphatic rings. The maximum absolute atomic E-state index is 12.5. The second-order valence-electron chi connectivity index (χ2n) is 7.27. The minimum absolute atomic E-state index is 0.0485. The van der Waals surface area contributed by atoms with Crippen LogP contribution >= 0.6 is 23.4 Å². The number of thioether (sulfide) groups is 1. The molecule has 11 heteroatoms. The Balaban J connectivity index is 1.62. The van der Waals surface area contributed by atoms with E-state index in [-0.39, 0.29) is 32.6 Å². The second kappa shape index (κ2) is 8.10. The minimum atomic E-state index is -3.63. The van der Waals surface area contributed by atoms with Crippen LogP contribution in [0.2, 0.25) is 5.02 Å². The summed E-state index contributed by atoms with van der Waals surface area (Å²) in [6.07, 6.45) is 1.39. The lowest BCUT2D eigenvalue weighted by molar-refractivity contribution is -0.114. The second-order valence-corrected chi connectivity index (χ2v) is 10.9. The maximum atomic E-state index is 12.5. The molecule has 1 aromatic carbocycles. The van der Waals surface area contributed by atoms with E-state index in [4.69, 9.17) is 21.4 Å². The number of carbonyl (C=O) groups excluding carboxylic acids is 1. The summed E-state index contributed by atoms with van der Waals surface area (Å²) in [6.45, 7) is 3.58. The van der Waals surface area contributed by atoms with Gasteiger partial charge in [0.2, 0.25) is 19.4 Å². The van der Waals surface area contributed by atoms with Crippen LogP contribution in [0.3, 0.4) is 0 Å². The molecular weight excluding hydrogens is 460 g/mol. The lowest BCUT2D eigenvalue weighted by Crippen LogP contribution is -2.35. The van der Waals surface area contributed by atoms with Gasteiger partial charge in [-0.25, -0.2) is 8.42 Å². The number of nitrogens with one attached hydrogen (secondary N) is 1. The lowest BCUT2D eigenvalue weighted by atomic mass is 10.1. The number of benzene rings is 1. The molecule has 0 aliphatic carbocycles. The number of halogens is 1. The van der Waals surface area contributed by atoms with Crippen molar-refractivity contribution in [3.63, 3.8) is 0 Å². The van der Waals surface area contributed by atoms with Gasteiger partial charge in [-0.1, -0.05) is 25.4 Å². The van der Waals surface area contributed by atoms with E-state index in [0.717, 1.165) is 22.3 Å². The number of amidine groups is 2. The molecule has 31 heavy (non-hydrogen) atoms. The van der Waals surface area contributed by atoms with Gasteiger partial charge in [-0.2, -0.15) is 10.0 Å². The maximum Gasteiger partial charge on any atom is 0.283 e. The molecule has 160 valence electrons. The van der Waals surface area contributed by atoms with Gasteiger partial charge in [0.05, 0.1) is 11.3 Å². The Morgan fingerprint density at radius 3 is 2.61 bits per heavy atom. The van der Waals surface area contributed by atoms with Crippen molar-refractivity contribution in [3.05, 3.63) is 52.8 Å². The molecule has 0 atom stereocenters. The first-order chi connectivity index (χ1) is 14.6. The summed E-state index contributed by atoms with van der Waals surface area (Å²) in [4.78, 5) is 16.4. The first kappa shape index (κ1) is 21.5. The Labute approximate surface area is 188 Å². The summed E-state index contributed by atoms with van der Waals surface area (Å²) in [5.74, 6) is -0.172. The average Bonchev–Trinajstić information content (AvgIpc) is 3.32.